The van der Waals surface area contributed by atoms with E-state index in [1.807, 2.05) is 42.6 Å². The van der Waals surface area contributed by atoms with Crippen molar-refractivity contribution < 1.29 is 9.26 Å². The van der Waals surface area contributed by atoms with Crippen LogP contribution in [0.15, 0.2) is 53.3 Å². The Morgan fingerprint density at radius 3 is 2.96 bits per heavy atom. The number of aromatic nitrogens is 5. The van der Waals surface area contributed by atoms with Gasteiger partial charge in [-0.25, -0.2) is 9.50 Å². The number of nitrogens with zero attached hydrogens (tertiary/aromatic N) is 5. The summed E-state index contributed by atoms with van der Waals surface area (Å²) in [6.45, 7) is 1.87. The van der Waals surface area contributed by atoms with Crippen LogP contribution in [0.2, 0.25) is 0 Å². The van der Waals surface area contributed by atoms with Gasteiger partial charge in [0.25, 0.3) is 0 Å². The molecular weight excluding hydrogens is 332 g/mol. The van der Waals surface area contributed by atoms with Gasteiger partial charge in [-0.15, -0.1) is 0 Å². The second-order valence-electron chi connectivity index (χ2n) is 5.71. The molecule has 1 N–H and O–H groups in total. The number of hydrogen-bond donors (Lipinski definition) is 1. The first-order chi connectivity index (χ1) is 12.8. The van der Waals surface area contributed by atoms with Crippen LogP contribution in [0.5, 0.6) is 0 Å². The van der Waals surface area contributed by atoms with Crippen molar-refractivity contribution in [1.29, 1.82) is 0 Å². The molecule has 0 amide bonds. The van der Waals surface area contributed by atoms with Gasteiger partial charge in [0.05, 0.1) is 25.0 Å². The summed E-state index contributed by atoms with van der Waals surface area (Å²) in [6.07, 6.45) is 3.63. The molecule has 0 spiro atoms. The highest BCUT2D eigenvalue weighted by Crippen LogP contribution is 2.24. The summed E-state index contributed by atoms with van der Waals surface area (Å²) < 4.78 is 12.0. The lowest BCUT2D eigenvalue weighted by Crippen LogP contribution is -2.18. The molecule has 4 rings (SSSR count). The van der Waals surface area contributed by atoms with Gasteiger partial charge < -0.3 is 14.6 Å². The quantitative estimate of drug-likeness (QED) is 0.511. The van der Waals surface area contributed by atoms with Crippen LogP contribution < -0.4 is 5.32 Å². The highest BCUT2D eigenvalue weighted by molar-refractivity contribution is 5.69. The number of nitrogens with one attached hydrogen (secondary N) is 1. The van der Waals surface area contributed by atoms with Crippen molar-refractivity contribution in [2.45, 2.75) is 6.54 Å². The summed E-state index contributed by atoms with van der Waals surface area (Å²) in [5, 5.41) is 11.5. The van der Waals surface area contributed by atoms with Crippen molar-refractivity contribution in [3.63, 3.8) is 0 Å². The van der Waals surface area contributed by atoms with Crippen LogP contribution in [0.4, 0.5) is 0 Å². The third-order valence-corrected chi connectivity index (χ3v) is 3.88. The maximum atomic E-state index is 5.30. The molecule has 8 nitrogen and oxygen atoms in total. The Morgan fingerprint density at radius 2 is 2.08 bits per heavy atom. The Kier molecular flexibility index (Phi) is 4.67. The number of hydrogen-bond acceptors (Lipinski definition) is 7. The fourth-order valence-electron chi connectivity index (χ4n) is 2.60. The molecule has 0 saturated carbocycles. The number of imidazole rings is 1. The van der Waals surface area contributed by atoms with E-state index in [4.69, 9.17) is 9.26 Å². The maximum absolute atomic E-state index is 5.30. The van der Waals surface area contributed by atoms with Crippen molar-refractivity contribution in [3.05, 3.63) is 54.7 Å². The second-order valence-corrected chi connectivity index (χ2v) is 5.71. The summed E-state index contributed by atoms with van der Waals surface area (Å²) >= 11 is 0. The molecule has 0 aliphatic rings. The first kappa shape index (κ1) is 16.4. The zero-order chi connectivity index (χ0) is 17.8. The lowest BCUT2D eigenvalue weighted by molar-refractivity contribution is 0.197. The van der Waals surface area contributed by atoms with Crippen LogP contribution in [0.3, 0.4) is 0 Å². The van der Waals surface area contributed by atoms with Gasteiger partial charge in [0.1, 0.15) is 0 Å². The Bertz CT molecular complexity index is 977. The fourth-order valence-corrected chi connectivity index (χ4v) is 2.60. The number of rotatable bonds is 7. The summed E-state index contributed by atoms with van der Waals surface area (Å²) in [6, 6.07) is 11.7. The van der Waals surface area contributed by atoms with E-state index in [0.29, 0.717) is 24.9 Å². The molecule has 3 heterocycles. The van der Waals surface area contributed by atoms with E-state index in [2.05, 4.69) is 25.5 Å². The van der Waals surface area contributed by atoms with Crippen LogP contribution in [0.25, 0.3) is 28.3 Å². The van der Waals surface area contributed by atoms with Gasteiger partial charge in [-0.1, -0.05) is 23.4 Å². The Labute approximate surface area is 149 Å². The number of fused-ring (bicyclic) bond motifs is 1. The van der Waals surface area contributed by atoms with E-state index in [1.54, 1.807) is 17.8 Å². The Hall–Kier alpha value is -3.10. The van der Waals surface area contributed by atoms with E-state index in [1.165, 1.54) is 0 Å². The molecular formula is C18H18N6O2. The van der Waals surface area contributed by atoms with Crippen molar-refractivity contribution in [1.82, 2.24) is 30.1 Å². The molecule has 3 aromatic heterocycles. The molecule has 8 heteroatoms. The summed E-state index contributed by atoms with van der Waals surface area (Å²) in [7, 11) is 1.67. The fraction of sp³-hybridized carbons (Fsp3) is 0.222. The summed E-state index contributed by atoms with van der Waals surface area (Å²) in [5.74, 6) is 1.09. The minimum atomic E-state index is 0.508. The van der Waals surface area contributed by atoms with Gasteiger partial charge in [0.15, 0.2) is 5.65 Å². The van der Waals surface area contributed by atoms with Crippen molar-refractivity contribution >= 4 is 5.65 Å². The SMILES string of the molecule is COCCNCc1nc(-c2cccc(-c3cn4ncccc4n3)c2)no1. The first-order valence-corrected chi connectivity index (χ1v) is 8.27. The second kappa shape index (κ2) is 7.42. The first-order valence-electron chi connectivity index (χ1n) is 8.27. The molecule has 1 aromatic carbocycles. The van der Waals surface area contributed by atoms with Gasteiger partial charge in [-0.3, -0.25) is 0 Å². The molecule has 4 aromatic rings. The molecule has 0 radical (unpaired) electrons. The lowest BCUT2D eigenvalue weighted by atomic mass is 10.1. The van der Waals surface area contributed by atoms with Gasteiger partial charge in [-0.2, -0.15) is 10.1 Å². The average Bonchev–Trinajstić information content (AvgIpc) is 3.32. The average molecular weight is 350 g/mol. The van der Waals surface area contributed by atoms with Crippen LogP contribution in [-0.4, -0.2) is 45.0 Å². The molecule has 26 heavy (non-hydrogen) atoms. The molecule has 0 fully saturated rings. The number of benzene rings is 1. The van der Waals surface area contributed by atoms with Crippen molar-refractivity contribution in [3.8, 4) is 22.6 Å². The molecule has 132 valence electrons. The predicted octanol–water partition coefficient (Wildman–Crippen LogP) is 2.18. The zero-order valence-electron chi connectivity index (χ0n) is 14.3. The third kappa shape index (κ3) is 3.46. The third-order valence-electron chi connectivity index (χ3n) is 3.88. The normalized spacial score (nSPS) is 11.3. The predicted molar refractivity (Wildman–Crippen MR) is 95.3 cm³/mol. The lowest BCUT2D eigenvalue weighted by Gasteiger charge is -1.99. The molecule has 0 bridgehead atoms. The van der Waals surface area contributed by atoms with Gasteiger partial charge in [0.2, 0.25) is 11.7 Å². The molecule has 0 saturated heterocycles. The van der Waals surface area contributed by atoms with Crippen molar-refractivity contribution in [2.75, 3.05) is 20.3 Å². The number of methoxy groups -OCH3 is 1. The molecule has 0 aliphatic carbocycles. The maximum Gasteiger partial charge on any atom is 0.240 e. The van der Waals surface area contributed by atoms with Gasteiger partial charge in [0, 0.05) is 31.0 Å². The highest BCUT2D eigenvalue weighted by atomic mass is 16.5. The Morgan fingerprint density at radius 1 is 1.15 bits per heavy atom. The van der Waals surface area contributed by atoms with Crippen LogP contribution in [0, 0.1) is 0 Å². The topological polar surface area (TPSA) is 90.4 Å². The highest BCUT2D eigenvalue weighted by Gasteiger charge is 2.11. The largest absolute Gasteiger partial charge is 0.383 e. The minimum absolute atomic E-state index is 0.508. The summed E-state index contributed by atoms with van der Waals surface area (Å²) in [4.78, 5) is 9.03. The standard InChI is InChI=1S/C18H18N6O2/c1-25-9-8-19-11-17-22-18(23-26-17)14-5-2-4-13(10-14)15-12-24-16(21-15)6-3-7-20-24/h2-7,10,12,19H,8-9,11H2,1H3. The van der Waals surface area contributed by atoms with Crippen LogP contribution in [0.1, 0.15) is 5.89 Å². The van der Waals surface area contributed by atoms with E-state index in [-0.39, 0.29) is 0 Å². The van der Waals surface area contributed by atoms with Gasteiger partial charge >= 0.3 is 0 Å². The van der Waals surface area contributed by atoms with E-state index < -0.39 is 0 Å². The smallest absolute Gasteiger partial charge is 0.240 e. The zero-order valence-corrected chi connectivity index (χ0v) is 14.3. The van der Waals surface area contributed by atoms with E-state index >= 15 is 0 Å². The molecule has 0 aliphatic heterocycles. The molecule has 0 unspecified atom stereocenters. The van der Waals surface area contributed by atoms with Crippen LogP contribution in [-0.2, 0) is 11.3 Å². The number of ether oxygens (including phenoxy) is 1. The van der Waals surface area contributed by atoms with Gasteiger partial charge in [-0.05, 0) is 18.2 Å². The van der Waals surface area contributed by atoms with E-state index in [9.17, 15) is 0 Å². The molecule has 0 atom stereocenters. The summed E-state index contributed by atoms with van der Waals surface area (Å²) in [5.41, 5.74) is 3.49. The van der Waals surface area contributed by atoms with E-state index in [0.717, 1.165) is 29.0 Å². The monoisotopic (exact) mass is 350 g/mol. The minimum Gasteiger partial charge on any atom is -0.383 e. The Balaban J connectivity index is 1.55. The van der Waals surface area contributed by atoms with Crippen molar-refractivity contribution in [2.24, 2.45) is 0 Å². The van der Waals surface area contributed by atoms with Crippen LogP contribution >= 0.6 is 0 Å².